The molecule has 0 aromatic heterocycles. The van der Waals surface area contributed by atoms with Crippen LogP contribution >= 0.6 is 0 Å². The first-order chi connectivity index (χ1) is 15.0. The summed E-state index contributed by atoms with van der Waals surface area (Å²) in [5, 5.41) is 0. The highest BCUT2D eigenvalue weighted by Crippen LogP contribution is 2.49. The van der Waals surface area contributed by atoms with Gasteiger partial charge >= 0.3 is 0 Å². The summed E-state index contributed by atoms with van der Waals surface area (Å²) in [6.45, 7) is 4.36. The van der Waals surface area contributed by atoms with Gasteiger partial charge < -0.3 is 14.4 Å². The zero-order valence-corrected chi connectivity index (χ0v) is 19.4. The number of hydrogen-bond donors (Lipinski definition) is 0. The van der Waals surface area contributed by atoms with E-state index in [1.807, 2.05) is 7.11 Å². The van der Waals surface area contributed by atoms with Crippen LogP contribution in [0.25, 0.3) is 0 Å². The maximum Gasteiger partial charge on any atom is 0.125 e. The van der Waals surface area contributed by atoms with Crippen molar-refractivity contribution in [1.29, 1.82) is 0 Å². The van der Waals surface area contributed by atoms with Crippen LogP contribution in [-0.2, 0) is 17.6 Å². The molecule has 0 radical (unpaired) electrons. The van der Waals surface area contributed by atoms with Gasteiger partial charge in [0.1, 0.15) is 12.0 Å². The van der Waals surface area contributed by atoms with Crippen LogP contribution in [0.5, 0.6) is 5.75 Å². The Morgan fingerprint density at radius 2 is 1.94 bits per heavy atom. The number of rotatable bonds is 5. The maximum absolute atomic E-state index is 6.95. The molecule has 4 aliphatic rings. The summed E-state index contributed by atoms with van der Waals surface area (Å²) in [5.74, 6) is 2.25. The molecule has 2 aromatic carbocycles. The summed E-state index contributed by atoms with van der Waals surface area (Å²) in [6, 6.07) is 16.0. The lowest BCUT2D eigenvalue weighted by atomic mass is 9.72. The molecule has 0 N–H and O–H groups in total. The van der Waals surface area contributed by atoms with Crippen LogP contribution in [-0.4, -0.2) is 56.4 Å². The topological polar surface area (TPSA) is 24.9 Å². The highest BCUT2D eigenvalue weighted by Gasteiger charge is 2.47. The van der Waals surface area contributed by atoms with Gasteiger partial charge in [-0.25, -0.2) is 0 Å². The number of piperidine rings is 1. The lowest BCUT2D eigenvalue weighted by Crippen LogP contribution is -2.57. The third-order valence-corrected chi connectivity index (χ3v) is 7.74. The largest absolute Gasteiger partial charge is 0.496 e. The summed E-state index contributed by atoms with van der Waals surface area (Å²) in [4.78, 5) is 5.02. The van der Waals surface area contributed by atoms with E-state index in [2.05, 4.69) is 73.3 Å². The van der Waals surface area contributed by atoms with E-state index in [0.717, 1.165) is 31.7 Å². The summed E-state index contributed by atoms with van der Waals surface area (Å²) >= 11 is 0. The number of nitrogens with zero attached hydrogens (tertiary/aromatic N) is 2. The van der Waals surface area contributed by atoms with Crippen LogP contribution in [0.1, 0.15) is 41.2 Å². The monoisotopic (exact) mass is 420 g/mol. The maximum atomic E-state index is 6.95. The summed E-state index contributed by atoms with van der Waals surface area (Å²) in [7, 11) is 6.22. The second-order valence-corrected chi connectivity index (χ2v) is 9.99. The van der Waals surface area contributed by atoms with Crippen molar-refractivity contribution < 1.29 is 9.47 Å². The summed E-state index contributed by atoms with van der Waals surface area (Å²) in [6.07, 6.45) is 4.85. The van der Waals surface area contributed by atoms with Gasteiger partial charge in [-0.05, 0) is 62.9 Å². The molecule has 3 saturated heterocycles. The molecule has 0 amide bonds. The molecule has 4 bridgehead atoms. The quantitative estimate of drug-likeness (QED) is 0.713. The molecule has 6 atom stereocenters. The van der Waals surface area contributed by atoms with E-state index in [9.17, 15) is 0 Å². The summed E-state index contributed by atoms with van der Waals surface area (Å²) in [5.41, 5.74) is 5.39. The van der Waals surface area contributed by atoms with Gasteiger partial charge in [0.05, 0.1) is 13.2 Å². The van der Waals surface area contributed by atoms with Gasteiger partial charge in [0.2, 0.25) is 0 Å². The van der Waals surface area contributed by atoms with Crippen molar-refractivity contribution in [3.63, 3.8) is 0 Å². The minimum Gasteiger partial charge on any atom is -0.496 e. The van der Waals surface area contributed by atoms with E-state index in [-0.39, 0.29) is 12.3 Å². The van der Waals surface area contributed by atoms with Crippen LogP contribution in [0, 0.1) is 18.8 Å². The lowest BCUT2D eigenvalue weighted by Gasteiger charge is -2.54. The first kappa shape index (κ1) is 21.0. The number of methoxy groups -OCH3 is 1. The Hall–Kier alpha value is -1.88. The van der Waals surface area contributed by atoms with E-state index in [1.165, 1.54) is 35.1 Å². The lowest BCUT2D eigenvalue weighted by molar-refractivity contribution is -0.189. The zero-order chi connectivity index (χ0) is 21.5. The smallest absolute Gasteiger partial charge is 0.125 e. The predicted molar refractivity (Wildman–Crippen MR) is 124 cm³/mol. The normalized spacial score (nSPS) is 31.8. The molecule has 6 rings (SSSR count). The molecule has 0 aliphatic carbocycles. The fraction of sp³-hybridized carbons (Fsp3) is 0.556. The molecule has 3 fully saturated rings. The van der Waals surface area contributed by atoms with Gasteiger partial charge in [0.15, 0.2) is 0 Å². The van der Waals surface area contributed by atoms with Gasteiger partial charge in [0.25, 0.3) is 0 Å². The van der Waals surface area contributed by atoms with Crippen molar-refractivity contribution in [2.45, 2.75) is 51.0 Å². The highest BCUT2D eigenvalue weighted by atomic mass is 16.5. The molecular formula is C27H36N2O2. The predicted octanol–water partition coefficient (Wildman–Crippen LogP) is 4.46. The molecule has 0 saturated carbocycles. The van der Waals surface area contributed by atoms with Gasteiger partial charge in [-0.2, -0.15) is 0 Å². The van der Waals surface area contributed by atoms with Crippen molar-refractivity contribution in [1.82, 2.24) is 9.80 Å². The number of hydrogen-bond acceptors (Lipinski definition) is 4. The van der Waals surface area contributed by atoms with Gasteiger partial charge in [-0.1, -0.05) is 42.5 Å². The van der Waals surface area contributed by atoms with E-state index < -0.39 is 0 Å². The first-order valence-electron chi connectivity index (χ1n) is 11.8. The third kappa shape index (κ3) is 3.90. The molecule has 166 valence electrons. The standard InChI is InChI=1S/C27H36N2O2/c1-18-10-11-22-23(26(18)30-4)16-25-29-13-12-20(24(17-28(2)3)27(22)31-25)15-21(29)14-19-8-6-5-7-9-19/h5-11,20-21,24-25,27H,12-17H2,1-4H3. The van der Waals surface area contributed by atoms with Crippen LogP contribution in [0.4, 0.5) is 0 Å². The zero-order valence-electron chi connectivity index (χ0n) is 19.4. The number of aryl methyl sites for hydroxylation is 1. The number of fused-ring (bicyclic) bond motifs is 3. The molecule has 4 nitrogen and oxygen atoms in total. The fourth-order valence-electron chi connectivity index (χ4n) is 6.38. The SMILES string of the molecule is COc1c(C)ccc2c1CC1OC2C(CN(C)C)C2CCN1C(Cc1ccccc1)C2. The minimum atomic E-state index is 0.132. The van der Waals surface area contributed by atoms with Gasteiger partial charge in [0, 0.05) is 37.0 Å². The Bertz CT molecular complexity index is 913. The average molecular weight is 421 g/mol. The second kappa shape index (κ2) is 8.57. The Morgan fingerprint density at radius 3 is 2.68 bits per heavy atom. The fourth-order valence-corrected chi connectivity index (χ4v) is 6.38. The van der Waals surface area contributed by atoms with Crippen molar-refractivity contribution in [2.75, 3.05) is 34.3 Å². The molecule has 2 aromatic rings. The van der Waals surface area contributed by atoms with Crippen LogP contribution in [0.3, 0.4) is 0 Å². The van der Waals surface area contributed by atoms with Crippen molar-refractivity contribution in [3.05, 3.63) is 64.7 Å². The summed E-state index contributed by atoms with van der Waals surface area (Å²) < 4.78 is 12.9. The van der Waals surface area contributed by atoms with Gasteiger partial charge in [-0.15, -0.1) is 0 Å². The highest BCUT2D eigenvalue weighted by molar-refractivity contribution is 5.48. The first-order valence-corrected chi connectivity index (χ1v) is 11.8. The average Bonchev–Trinajstić information content (AvgIpc) is 2.76. The van der Waals surface area contributed by atoms with Crippen LogP contribution < -0.4 is 4.74 Å². The molecule has 4 heterocycles. The minimum absolute atomic E-state index is 0.132. The number of ether oxygens (including phenoxy) is 2. The molecule has 6 unspecified atom stereocenters. The Morgan fingerprint density at radius 1 is 1.13 bits per heavy atom. The van der Waals surface area contributed by atoms with E-state index in [1.54, 1.807) is 0 Å². The van der Waals surface area contributed by atoms with E-state index >= 15 is 0 Å². The second-order valence-electron chi connectivity index (χ2n) is 9.99. The third-order valence-electron chi connectivity index (χ3n) is 7.74. The van der Waals surface area contributed by atoms with E-state index in [4.69, 9.17) is 9.47 Å². The van der Waals surface area contributed by atoms with Gasteiger partial charge in [-0.3, -0.25) is 4.90 Å². The van der Waals surface area contributed by atoms with E-state index in [0.29, 0.717) is 17.9 Å². The molecular weight excluding hydrogens is 384 g/mol. The molecule has 31 heavy (non-hydrogen) atoms. The number of benzene rings is 2. The van der Waals surface area contributed by atoms with Crippen molar-refractivity contribution in [2.24, 2.45) is 11.8 Å². The molecule has 4 heteroatoms. The molecule has 0 spiro atoms. The van der Waals surface area contributed by atoms with Crippen LogP contribution in [0.15, 0.2) is 42.5 Å². The Labute approximate surface area is 187 Å². The molecule has 4 aliphatic heterocycles. The van der Waals surface area contributed by atoms with Crippen molar-refractivity contribution in [3.8, 4) is 5.75 Å². The Kier molecular flexibility index (Phi) is 5.80. The van der Waals surface area contributed by atoms with Crippen LogP contribution in [0.2, 0.25) is 0 Å². The Balaban J connectivity index is 1.56. The van der Waals surface area contributed by atoms with Crippen molar-refractivity contribution >= 4 is 0 Å².